The first-order valence-corrected chi connectivity index (χ1v) is 7.28. The molecule has 0 spiro atoms. The second-order valence-corrected chi connectivity index (χ2v) is 5.06. The summed E-state index contributed by atoms with van der Waals surface area (Å²) in [7, 11) is 0. The minimum Gasteiger partial charge on any atom is -0.347 e. The fraction of sp³-hybridized carbons (Fsp3) is 0.308. The topological polar surface area (TPSA) is 54.9 Å². The van der Waals surface area contributed by atoms with Crippen LogP contribution in [0.2, 0.25) is 0 Å². The van der Waals surface area contributed by atoms with E-state index in [2.05, 4.69) is 14.9 Å². The lowest BCUT2D eigenvalue weighted by molar-refractivity contribution is 0.0954. The van der Waals surface area contributed by atoms with E-state index in [1.54, 1.807) is 0 Å². The number of hydrogen-bond acceptors (Lipinski definition) is 4. The average Bonchev–Trinajstić information content (AvgIpc) is 2.93. The lowest BCUT2D eigenvalue weighted by Gasteiger charge is -2.05. The minimum atomic E-state index is -0.117. The van der Waals surface area contributed by atoms with Crippen LogP contribution < -0.4 is 5.32 Å². The van der Waals surface area contributed by atoms with Crippen LogP contribution in [-0.4, -0.2) is 15.5 Å². The molecule has 100 valence electrons. The third kappa shape index (κ3) is 3.52. The minimum absolute atomic E-state index is 0.117. The van der Waals surface area contributed by atoms with Gasteiger partial charge in [0.1, 0.15) is 4.88 Å². The van der Waals surface area contributed by atoms with Crippen LogP contribution >= 0.6 is 23.1 Å². The molecule has 4 nitrogen and oxygen atoms in total. The van der Waals surface area contributed by atoms with Gasteiger partial charge < -0.3 is 5.32 Å². The van der Waals surface area contributed by atoms with Crippen molar-refractivity contribution < 1.29 is 4.79 Å². The Bertz CT molecular complexity index is 553. The van der Waals surface area contributed by atoms with E-state index in [-0.39, 0.29) is 5.91 Å². The van der Waals surface area contributed by atoms with Crippen LogP contribution in [0.25, 0.3) is 0 Å². The van der Waals surface area contributed by atoms with E-state index in [1.807, 2.05) is 31.2 Å². The van der Waals surface area contributed by atoms with Crippen molar-refractivity contribution in [1.82, 2.24) is 14.9 Å². The Hall–Kier alpha value is -1.46. The van der Waals surface area contributed by atoms with Gasteiger partial charge in [-0.1, -0.05) is 35.7 Å². The Labute approximate surface area is 121 Å². The lowest BCUT2D eigenvalue weighted by atomic mass is 10.1. The van der Waals surface area contributed by atoms with Crippen molar-refractivity contribution in [3.63, 3.8) is 0 Å². The first kappa shape index (κ1) is 14.0. The van der Waals surface area contributed by atoms with Gasteiger partial charge in [0, 0.05) is 12.4 Å². The monoisotopic (exact) mass is 295 g/mol. The normalized spacial score (nSPS) is 10.4. The number of aromatic nitrogens is 2. The summed E-state index contributed by atoms with van der Waals surface area (Å²) in [5.74, 6) is 0.382. The van der Waals surface area contributed by atoms with E-state index >= 15 is 0 Å². The van der Waals surface area contributed by atoms with Gasteiger partial charge in [0.05, 0.1) is 5.69 Å². The highest BCUT2D eigenvalue weighted by atomic mass is 35.5. The molecule has 2 aromatic rings. The van der Waals surface area contributed by atoms with Gasteiger partial charge >= 0.3 is 0 Å². The number of alkyl halides is 1. The first-order valence-electron chi connectivity index (χ1n) is 5.97. The number of nitrogens with one attached hydrogen (secondary N) is 1. The number of hydrogen-bond donors (Lipinski definition) is 1. The Balaban J connectivity index is 1.96. The highest BCUT2D eigenvalue weighted by molar-refractivity contribution is 7.08. The van der Waals surface area contributed by atoms with Crippen molar-refractivity contribution in [1.29, 1.82) is 0 Å². The van der Waals surface area contributed by atoms with Crippen LogP contribution in [0.1, 0.15) is 33.4 Å². The van der Waals surface area contributed by atoms with Crippen LogP contribution in [0.4, 0.5) is 0 Å². The molecule has 0 radical (unpaired) electrons. The summed E-state index contributed by atoms with van der Waals surface area (Å²) in [6.45, 7) is 2.45. The number of aryl methyl sites for hydroxylation is 1. The molecule has 0 saturated carbocycles. The van der Waals surface area contributed by atoms with E-state index in [0.717, 1.165) is 28.4 Å². The molecule has 0 saturated heterocycles. The molecule has 19 heavy (non-hydrogen) atoms. The zero-order valence-corrected chi connectivity index (χ0v) is 12.1. The van der Waals surface area contributed by atoms with Crippen molar-refractivity contribution in [2.75, 3.05) is 0 Å². The summed E-state index contributed by atoms with van der Waals surface area (Å²) in [6.07, 6.45) is 0.712. The zero-order valence-electron chi connectivity index (χ0n) is 10.5. The number of nitrogens with zero attached hydrogens (tertiary/aromatic N) is 2. The first-order chi connectivity index (χ1) is 9.24. The number of carbonyl (C=O) groups is 1. The highest BCUT2D eigenvalue weighted by Gasteiger charge is 2.14. The lowest BCUT2D eigenvalue weighted by Crippen LogP contribution is -2.22. The quantitative estimate of drug-likeness (QED) is 0.863. The summed E-state index contributed by atoms with van der Waals surface area (Å²) >= 11 is 6.86. The molecule has 1 aromatic heterocycles. The molecule has 0 bridgehead atoms. The summed E-state index contributed by atoms with van der Waals surface area (Å²) in [5, 5.41) is 6.80. The fourth-order valence-electron chi connectivity index (χ4n) is 1.62. The third-order valence-corrected chi connectivity index (χ3v) is 3.80. The van der Waals surface area contributed by atoms with Crippen molar-refractivity contribution in [2.45, 2.75) is 25.8 Å². The third-order valence-electron chi connectivity index (χ3n) is 2.73. The van der Waals surface area contributed by atoms with Gasteiger partial charge in [-0.15, -0.1) is 16.7 Å². The SMILES string of the molecule is CCc1nnsc1C(=O)NCc1ccc(CCl)cc1. The van der Waals surface area contributed by atoms with Gasteiger partial charge in [-0.3, -0.25) is 4.79 Å². The number of rotatable bonds is 5. The van der Waals surface area contributed by atoms with Crippen molar-refractivity contribution in [3.8, 4) is 0 Å². The Morgan fingerprint density at radius 2 is 2.00 bits per heavy atom. The van der Waals surface area contributed by atoms with Crippen molar-refractivity contribution in [2.24, 2.45) is 0 Å². The van der Waals surface area contributed by atoms with Crippen LogP contribution in [0.15, 0.2) is 24.3 Å². The summed E-state index contributed by atoms with van der Waals surface area (Å²) in [4.78, 5) is 12.6. The Morgan fingerprint density at radius 3 is 2.63 bits per heavy atom. The second kappa shape index (κ2) is 6.63. The molecular formula is C13H14ClN3OS. The van der Waals surface area contributed by atoms with Gasteiger partial charge in [0.15, 0.2) is 0 Å². The molecule has 1 amide bonds. The number of carbonyl (C=O) groups excluding carboxylic acids is 1. The van der Waals surface area contributed by atoms with Crippen LogP contribution in [0, 0.1) is 0 Å². The predicted molar refractivity (Wildman–Crippen MR) is 76.5 cm³/mol. The zero-order chi connectivity index (χ0) is 13.7. The smallest absolute Gasteiger partial charge is 0.265 e. The Kier molecular flexibility index (Phi) is 4.87. The molecular weight excluding hydrogens is 282 g/mol. The van der Waals surface area contributed by atoms with E-state index in [9.17, 15) is 4.79 Å². The molecule has 1 heterocycles. The Morgan fingerprint density at radius 1 is 1.32 bits per heavy atom. The molecule has 0 atom stereocenters. The maximum atomic E-state index is 12.0. The van der Waals surface area contributed by atoms with Crippen LogP contribution in [-0.2, 0) is 18.8 Å². The van der Waals surface area contributed by atoms with Gasteiger partial charge in [0.2, 0.25) is 0 Å². The maximum Gasteiger partial charge on any atom is 0.265 e. The molecule has 0 aliphatic rings. The van der Waals surface area contributed by atoms with Crippen molar-refractivity contribution in [3.05, 3.63) is 46.0 Å². The maximum absolute atomic E-state index is 12.0. The fourth-order valence-corrected chi connectivity index (χ4v) is 2.47. The van der Waals surface area contributed by atoms with Gasteiger partial charge in [-0.05, 0) is 29.1 Å². The molecule has 1 aromatic carbocycles. The number of benzene rings is 1. The van der Waals surface area contributed by atoms with Gasteiger partial charge in [-0.25, -0.2) is 0 Å². The molecule has 6 heteroatoms. The molecule has 0 unspecified atom stereocenters. The second-order valence-electron chi connectivity index (χ2n) is 4.04. The highest BCUT2D eigenvalue weighted by Crippen LogP contribution is 2.11. The molecule has 0 aliphatic carbocycles. The van der Waals surface area contributed by atoms with Crippen LogP contribution in [0.3, 0.4) is 0 Å². The van der Waals surface area contributed by atoms with E-state index < -0.39 is 0 Å². The standard InChI is InChI=1S/C13H14ClN3OS/c1-2-11-12(19-17-16-11)13(18)15-8-10-5-3-9(7-14)4-6-10/h3-6H,2,7-8H2,1H3,(H,15,18). The molecule has 1 N–H and O–H groups in total. The van der Waals surface area contributed by atoms with Crippen LogP contribution in [0.5, 0.6) is 0 Å². The summed E-state index contributed by atoms with van der Waals surface area (Å²) in [6, 6.07) is 7.84. The number of halogens is 1. The number of amides is 1. The largest absolute Gasteiger partial charge is 0.347 e. The molecule has 2 rings (SSSR count). The molecule has 0 fully saturated rings. The van der Waals surface area contributed by atoms with Crippen molar-refractivity contribution >= 4 is 29.0 Å². The molecule has 0 aliphatic heterocycles. The average molecular weight is 296 g/mol. The van der Waals surface area contributed by atoms with E-state index in [4.69, 9.17) is 11.6 Å². The summed E-state index contributed by atoms with van der Waals surface area (Å²) in [5.41, 5.74) is 2.86. The van der Waals surface area contributed by atoms with Gasteiger partial charge in [-0.2, -0.15) is 0 Å². The van der Waals surface area contributed by atoms with E-state index in [1.165, 1.54) is 0 Å². The van der Waals surface area contributed by atoms with Gasteiger partial charge in [0.25, 0.3) is 5.91 Å². The van der Waals surface area contributed by atoms with E-state index in [0.29, 0.717) is 23.7 Å². The predicted octanol–water partition coefficient (Wildman–Crippen LogP) is 2.77. The summed E-state index contributed by atoms with van der Waals surface area (Å²) < 4.78 is 3.81.